The van der Waals surface area contributed by atoms with Crippen molar-refractivity contribution in [3.8, 4) is 11.3 Å². The first-order valence-electron chi connectivity index (χ1n) is 10.4. The molecule has 0 bridgehead atoms. The van der Waals surface area contributed by atoms with Gasteiger partial charge in [-0.2, -0.15) is 0 Å². The van der Waals surface area contributed by atoms with Crippen LogP contribution in [-0.4, -0.2) is 63.8 Å². The number of amides is 1. The molecule has 31 heavy (non-hydrogen) atoms. The van der Waals surface area contributed by atoms with Gasteiger partial charge in [0.1, 0.15) is 11.3 Å². The van der Waals surface area contributed by atoms with Crippen molar-refractivity contribution in [1.82, 2.24) is 19.9 Å². The van der Waals surface area contributed by atoms with Crippen LogP contribution in [0.5, 0.6) is 0 Å². The summed E-state index contributed by atoms with van der Waals surface area (Å²) in [6.07, 6.45) is 1.81. The molecule has 3 aromatic rings. The van der Waals surface area contributed by atoms with E-state index in [1.807, 2.05) is 65.7 Å². The van der Waals surface area contributed by atoms with Crippen molar-refractivity contribution < 1.29 is 14.6 Å². The van der Waals surface area contributed by atoms with Crippen LogP contribution in [0, 0.1) is 0 Å². The third kappa shape index (κ3) is 5.28. The van der Waals surface area contributed by atoms with Gasteiger partial charge in [-0.3, -0.25) is 4.79 Å². The van der Waals surface area contributed by atoms with E-state index in [4.69, 9.17) is 4.74 Å². The fourth-order valence-corrected chi connectivity index (χ4v) is 3.60. The van der Waals surface area contributed by atoms with Gasteiger partial charge in [-0.15, -0.1) is 5.10 Å². The van der Waals surface area contributed by atoms with Gasteiger partial charge in [0.2, 0.25) is 5.91 Å². The second kappa shape index (κ2) is 9.28. The van der Waals surface area contributed by atoms with Crippen LogP contribution < -0.4 is 5.32 Å². The predicted molar refractivity (Wildman–Crippen MR) is 117 cm³/mol. The minimum absolute atomic E-state index is 0.0581. The number of ether oxygens (including phenoxy) is 1. The van der Waals surface area contributed by atoms with E-state index in [-0.39, 0.29) is 19.0 Å². The van der Waals surface area contributed by atoms with E-state index in [0.717, 1.165) is 16.8 Å². The zero-order valence-electron chi connectivity index (χ0n) is 17.6. The highest BCUT2D eigenvalue weighted by atomic mass is 16.5. The van der Waals surface area contributed by atoms with Gasteiger partial charge in [0, 0.05) is 24.3 Å². The molecule has 1 amide bonds. The van der Waals surface area contributed by atoms with E-state index in [0.29, 0.717) is 32.0 Å². The molecule has 162 valence electrons. The van der Waals surface area contributed by atoms with Crippen molar-refractivity contribution in [2.75, 3.05) is 38.2 Å². The number of anilines is 1. The summed E-state index contributed by atoms with van der Waals surface area (Å²) in [6.45, 7) is 4.74. The first kappa shape index (κ1) is 21.0. The van der Waals surface area contributed by atoms with Gasteiger partial charge in [0.15, 0.2) is 0 Å². The molecule has 8 heteroatoms. The van der Waals surface area contributed by atoms with Gasteiger partial charge in [0.05, 0.1) is 32.5 Å². The quantitative estimate of drug-likeness (QED) is 0.607. The second-order valence-electron chi connectivity index (χ2n) is 7.87. The Bertz CT molecular complexity index is 1010. The molecule has 0 radical (unpaired) electrons. The number of nitrogens with one attached hydrogen (secondary N) is 1. The molecule has 2 aromatic carbocycles. The molecule has 0 saturated carbocycles. The number of aromatic nitrogens is 3. The van der Waals surface area contributed by atoms with Crippen molar-refractivity contribution in [2.45, 2.75) is 19.1 Å². The lowest BCUT2D eigenvalue weighted by Crippen LogP contribution is -2.43. The summed E-state index contributed by atoms with van der Waals surface area (Å²) in [5, 5.41) is 22.5. The largest absolute Gasteiger partial charge is 0.384 e. The highest BCUT2D eigenvalue weighted by Gasteiger charge is 2.24. The summed E-state index contributed by atoms with van der Waals surface area (Å²) in [7, 11) is 0. The number of rotatable bonds is 7. The molecule has 4 rings (SSSR count). The molecule has 1 saturated heterocycles. The maximum Gasteiger partial charge on any atom is 0.242 e. The summed E-state index contributed by atoms with van der Waals surface area (Å²) < 4.78 is 6.93. The number of hydrogen-bond donors (Lipinski definition) is 2. The van der Waals surface area contributed by atoms with Crippen molar-refractivity contribution in [3.63, 3.8) is 0 Å². The van der Waals surface area contributed by atoms with E-state index in [2.05, 4.69) is 15.6 Å². The lowest BCUT2D eigenvalue weighted by atomic mass is 9.96. The van der Waals surface area contributed by atoms with E-state index >= 15 is 0 Å². The third-order valence-electron chi connectivity index (χ3n) is 5.37. The molecule has 2 N–H and O–H groups in total. The number of morpholine rings is 1. The molecule has 8 nitrogen and oxygen atoms in total. The Balaban J connectivity index is 1.40. The Labute approximate surface area is 181 Å². The Kier molecular flexibility index (Phi) is 6.29. The lowest BCUT2D eigenvalue weighted by molar-refractivity contribution is -0.133. The highest BCUT2D eigenvalue weighted by molar-refractivity contribution is 5.81. The summed E-state index contributed by atoms with van der Waals surface area (Å²) in [5.74, 6) is 0.0581. The van der Waals surface area contributed by atoms with Gasteiger partial charge in [-0.1, -0.05) is 47.7 Å². The average Bonchev–Trinajstić information content (AvgIpc) is 3.27. The van der Waals surface area contributed by atoms with Crippen LogP contribution >= 0.6 is 0 Å². The van der Waals surface area contributed by atoms with E-state index in [9.17, 15) is 9.90 Å². The Morgan fingerprint density at radius 1 is 1.16 bits per heavy atom. The average molecular weight is 422 g/mol. The minimum atomic E-state index is -1.06. The first-order chi connectivity index (χ1) is 15.0. The minimum Gasteiger partial charge on any atom is -0.384 e. The Morgan fingerprint density at radius 3 is 2.71 bits per heavy atom. The molecule has 2 heterocycles. The number of carbonyl (C=O) groups excluding carboxylic acids is 1. The van der Waals surface area contributed by atoms with Crippen molar-refractivity contribution in [3.05, 3.63) is 66.4 Å². The van der Waals surface area contributed by atoms with Crippen LogP contribution in [0.15, 0.2) is 60.8 Å². The van der Waals surface area contributed by atoms with Crippen molar-refractivity contribution in [1.29, 1.82) is 0 Å². The van der Waals surface area contributed by atoms with Crippen LogP contribution in [0.4, 0.5) is 5.69 Å². The van der Waals surface area contributed by atoms with Crippen LogP contribution in [0.3, 0.4) is 0 Å². The van der Waals surface area contributed by atoms with Gasteiger partial charge < -0.3 is 20.1 Å². The van der Waals surface area contributed by atoms with Gasteiger partial charge >= 0.3 is 0 Å². The van der Waals surface area contributed by atoms with Crippen LogP contribution in [0.2, 0.25) is 0 Å². The standard InChI is InChI=1S/C23H27N5O3/c1-23(30,19-7-3-2-4-8-19)17-28-16-21(25-26-28)18-6-5-9-20(14-18)24-15-22(29)27-10-12-31-13-11-27/h2-9,14,16,24,30H,10-13,15,17H2,1H3. The number of carbonyl (C=O) groups is 1. The molecular weight excluding hydrogens is 394 g/mol. The summed E-state index contributed by atoms with van der Waals surface area (Å²) >= 11 is 0. The fourth-order valence-electron chi connectivity index (χ4n) is 3.60. The van der Waals surface area contributed by atoms with Gasteiger partial charge in [-0.25, -0.2) is 4.68 Å². The van der Waals surface area contributed by atoms with Crippen LogP contribution in [-0.2, 0) is 21.7 Å². The van der Waals surface area contributed by atoms with E-state index < -0.39 is 5.60 Å². The predicted octanol–water partition coefficient (Wildman–Crippen LogP) is 2.12. The maximum absolute atomic E-state index is 12.3. The second-order valence-corrected chi connectivity index (χ2v) is 7.87. The molecule has 1 aliphatic heterocycles. The van der Waals surface area contributed by atoms with Crippen molar-refractivity contribution in [2.24, 2.45) is 0 Å². The number of nitrogens with zero attached hydrogens (tertiary/aromatic N) is 4. The molecular formula is C23H27N5O3. The molecule has 1 atom stereocenters. The zero-order chi connectivity index (χ0) is 21.7. The van der Waals surface area contributed by atoms with Gasteiger partial charge in [-0.05, 0) is 24.6 Å². The highest BCUT2D eigenvalue weighted by Crippen LogP contribution is 2.24. The van der Waals surface area contributed by atoms with Crippen LogP contribution in [0.25, 0.3) is 11.3 Å². The van der Waals surface area contributed by atoms with Crippen molar-refractivity contribution >= 4 is 11.6 Å². The smallest absolute Gasteiger partial charge is 0.242 e. The Hall–Kier alpha value is -3.23. The van der Waals surface area contributed by atoms with Crippen LogP contribution in [0.1, 0.15) is 12.5 Å². The monoisotopic (exact) mass is 421 g/mol. The molecule has 0 spiro atoms. The number of aliphatic hydroxyl groups is 1. The summed E-state index contributed by atoms with van der Waals surface area (Å²) in [5.41, 5.74) is 2.18. The normalized spacial score (nSPS) is 16.0. The number of hydrogen-bond acceptors (Lipinski definition) is 6. The van der Waals surface area contributed by atoms with Gasteiger partial charge in [0.25, 0.3) is 0 Å². The molecule has 0 aliphatic carbocycles. The summed E-state index contributed by atoms with van der Waals surface area (Å²) in [4.78, 5) is 14.1. The lowest BCUT2D eigenvalue weighted by Gasteiger charge is -2.27. The number of benzene rings is 2. The third-order valence-corrected chi connectivity index (χ3v) is 5.37. The van der Waals surface area contributed by atoms with E-state index in [1.165, 1.54) is 0 Å². The molecule has 1 fully saturated rings. The topological polar surface area (TPSA) is 92.5 Å². The maximum atomic E-state index is 12.3. The SMILES string of the molecule is CC(O)(Cn1cc(-c2cccc(NCC(=O)N3CCOCC3)c2)nn1)c1ccccc1. The Morgan fingerprint density at radius 2 is 1.94 bits per heavy atom. The van der Waals surface area contributed by atoms with E-state index in [1.54, 1.807) is 11.6 Å². The molecule has 1 aromatic heterocycles. The zero-order valence-corrected chi connectivity index (χ0v) is 17.6. The first-order valence-corrected chi connectivity index (χ1v) is 10.4. The molecule has 1 aliphatic rings. The molecule has 1 unspecified atom stereocenters. The fraction of sp³-hybridized carbons (Fsp3) is 0.348. The summed E-state index contributed by atoms with van der Waals surface area (Å²) in [6, 6.07) is 17.2.